The molecule has 3 rings (SSSR count). The number of urea groups is 1. The number of anilines is 2. The van der Waals surface area contributed by atoms with Gasteiger partial charge in [-0.25, -0.2) is 4.79 Å². The summed E-state index contributed by atoms with van der Waals surface area (Å²) in [6.07, 6.45) is 0. The lowest BCUT2D eigenvalue weighted by Crippen LogP contribution is -2.19. The number of para-hydroxylation sites is 1. The van der Waals surface area contributed by atoms with Crippen molar-refractivity contribution in [3.05, 3.63) is 66.4 Å². The lowest BCUT2D eigenvalue weighted by molar-refractivity contribution is 0.262. The van der Waals surface area contributed by atoms with Crippen LogP contribution in [0.25, 0.3) is 11.3 Å². The standard InChI is InChI=1S/C17H16N4O/c1-12-11-16(21-20-12)13-7-9-15(10-8-13)19-17(22)18-14-5-3-2-4-6-14/h2-11H,1H3,(H,20,21)(H2,18,19,22). The molecular formula is C17H16N4O. The molecule has 1 aromatic heterocycles. The van der Waals surface area contributed by atoms with E-state index in [2.05, 4.69) is 20.8 Å². The van der Waals surface area contributed by atoms with Gasteiger partial charge in [0.25, 0.3) is 0 Å². The minimum atomic E-state index is -0.269. The Kier molecular flexibility index (Phi) is 3.87. The average Bonchev–Trinajstić information content (AvgIpc) is 2.95. The van der Waals surface area contributed by atoms with Gasteiger partial charge in [-0.05, 0) is 37.3 Å². The van der Waals surface area contributed by atoms with Gasteiger partial charge in [0.15, 0.2) is 0 Å². The van der Waals surface area contributed by atoms with Crippen LogP contribution in [0.3, 0.4) is 0 Å². The van der Waals surface area contributed by atoms with Crippen LogP contribution in [0.5, 0.6) is 0 Å². The summed E-state index contributed by atoms with van der Waals surface area (Å²) in [5.41, 5.74) is 4.38. The van der Waals surface area contributed by atoms with Gasteiger partial charge < -0.3 is 10.6 Å². The Morgan fingerprint density at radius 2 is 1.59 bits per heavy atom. The number of rotatable bonds is 3. The van der Waals surface area contributed by atoms with Crippen LogP contribution in [-0.2, 0) is 0 Å². The second kappa shape index (κ2) is 6.13. The number of aromatic amines is 1. The molecule has 0 aliphatic carbocycles. The summed E-state index contributed by atoms with van der Waals surface area (Å²) < 4.78 is 0. The molecule has 0 unspecified atom stereocenters. The fraction of sp³-hybridized carbons (Fsp3) is 0.0588. The Labute approximate surface area is 128 Å². The summed E-state index contributed by atoms with van der Waals surface area (Å²) in [7, 11) is 0. The smallest absolute Gasteiger partial charge is 0.308 e. The Hall–Kier alpha value is -3.08. The lowest BCUT2D eigenvalue weighted by Gasteiger charge is -2.07. The summed E-state index contributed by atoms with van der Waals surface area (Å²) in [4.78, 5) is 11.9. The number of amides is 2. The first kappa shape index (κ1) is 13.9. The van der Waals surface area contributed by atoms with Crippen molar-refractivity contribution in [1.29, 1.82) is 0 Å². The van der Waals surface area contributed by atoms with E-state index in [1.807, 2.05) is 67.6 Å². The zero-order valence-corrected chi connectivity index (χ0v) is 12.1. The summed E-state index contributed by atoms with van der Waals surface area (Å²) in [6.45, 7) is 1.96. The summed E-state index contributed by atoms with van der Waals surface area (Å²) in [6, 6.07) is 18.6. The van der Waals surface area contributed by atoms with E-state index in [0.29, 0.717) is 0 Å². The highest BCUT2D eigenvalue weighted by atomic mass is 16.2. The quantitative estimate of drug-likeness (QED) is 0.682. The molecule has 0 radical (unpaired) electrons. The molecule has 0 spiro atoms. The Balaban J connectivity index is 1.65. The van der Waals surface area contributed by atoms with Crippen molar-refractivity contribution in [1.82, 2.24) is 10.2 Å². The Bertz CT molecular complexity index is 763. The SMILES string of the molecule is Cc1cc(-c2ccc(NC(=O)Nc3ccccc3)cc2)n[nH]1. The molecule has 0 bridgehead atoms. The normalized spacial score (nSPS) is 10.2. The van der Waals surface area contributed by atoms with Crippen molar-refractivity contribution < 1.29 is 4.79 Å². The van der Waals surface area contributed by atoms with Gasteiger partial charge in [0.05, 0.1) is 5.69 Å². The van der Waals surface area contributed by atoms with Crippen molar-refractivity contribution in [3.63, 3.8) is 0 Å². The molecule has 1 heterocycles. The molecule has 0 saturated heterocycles. The number of hydrogen-bond acceptors (Lipinski definition) is 2. The number of nitrogens with zero attached hydrogens (tertiary/aromatic N) is 1. The molecule has 5 nitrogen and oxygen atoms in total. The van der Waals surface area contributed by atoms with Crippen LogP contribution in [0.2, 0.25) is 0 Å². The van der Waals surface area contributed by atoms with Crippen molar-refractivity contribution in [2.45, 2.75) is 6.92 Å². The minimum Gasteiger partial charge on any atom is -0.308 e. The van der Waals surface area contributed by atoms with E-state index < -0.39 is 0 Å². The van der Waals surface area contributed by atoms with Crippen molar-refractivity contribution >= 4 is 17.4 Å². The summed E-state index contributed by atoms with van der Waals surface area (Å²) >= 11 is 0. The summed E-state index contributed by atoms with van der Waals surface area (Å²) in [5.74, 6) is 0. The second-order valence-corrected chi connectivity index (χ2v) is 4.96. The first-order valence-corrected chi connectivity index (χ1v) is 6.96. The third-order valence-electron chi connectivity index (χ3n) is 3.18. The first-order chi connectivity index (χ1) is 10.7. The van der Waals surface area contributed by atoms with Crippen LogP contribution in [0.15, 0.2) is 60.7 Å². The fourth-order valence-corrected chi connectivity index (χ4v) is 2.11. The van der Waals surface area contributed by atoms with Gasteiger partial charge in [-0.1, -0.05) is 30.3 Å². The van der Waals surface area contributed by atoms with Gasteiger partial charge in [-0.15, -0.1) is 0 Å². The predicted octanol–water partition coefficient (Wildman–Crippen LogP) is 4.03. The van der Waals surface area contributed by atoms with Gasteiger partial charge in [0.1, 0.15) is 0 Å². The van der Waals surface area contributed by atoms with Gasteiger partial charge >= 0.3 is 6.03 Å². The molecule has 0 aliphatic rings. The van der Waals surface area contributed by atoms with Gasteiger partial charge in [-0.2, -0.15) is 5.10 Å². The maximum atomic E-state index is 11.9. The van der Waals surface area contributed by atoms with E-state index in [4.69, 9.17) is 0 Å². The van der Waals surface area contributed by atoms with Crippen LogP contribution >= 0.6 is 0 Å². The highest BCUT2D eigenvalue weighted by Crippen LogP contribution is 2.20. The maximum Gasteiger partial charge on any atom is 0.323 e. The molecule has 2 aromatic carbocycles. The fourth-order valence-electron chi connectivity index (χ4n) is 2.11. The van der Waals surface area contributed by atoms with Crippen LogP contribution in [0.4, 0.5) is 16.2 Å². The van der Waals surface area contributed by atoms with E-state index >= 15 is 0 Å². The van der Waals surface area contributed by atoms with Crippen LogP contribution < -0.4 is 10.6 Å². The summed E-state index contributed by atoms with van der Waals surface area (Å²) in [5, 5.41) is 12.7. The monoisotopic (exact) mass is 292 g/mol. The highest BCUT2D eigenvalue weighted by Gasteiger charge is 2.04. The van der Waals surface area contributed by atoms with E-state index in [0.717, 1.165) is 28.3 Å². The zero-order chi connectivity index (χ0) is 15.4. The predicted molar refractivity (Wildman–Crippen MR) is 87.8 cm³/mol. The molecule has 110 valence electrons. The van der Waals surface area contributed by atoms with Crippen LogP contribution in [0, 0.1) is 6.92 Å². The highest BCUT2D eigenvalue weighted by molar-refractivity contribution is 5.99. The third-order valence-corrected chi connectivity index (χ3v) is 3.18. The van der Waals surface area contributed by atoms with E-state index in [-0.39, 0.29) is 6.03 Å². The van der Waals surface area contributed by atoms with Gasteiger partial charge in [0, 0.05) is 22.6 Å². The second-order valence-electron chi connectivity index (χ2n) is 4.96. The number of nitrogens with one attached hydrogen (secondary N) is 3. The molecule has 0 saturated carbocycles. The number of H-pyrrole nitrogens is 1. The maximum absolute atomic E-state index is 11.9. The third kappa shape index (κ3) is 3.32. The largest absolute Gasteiger partial charge is 0.323 e. The average molecular weight is 292 g/mol. The number of carbonyl (C=O) groups is 1. The topological polar surface area (TPSA) is 69.8 Å². The van der Waals surface area contributed by atoms with Gasteiger partial charge in [0.2, 0.25) is 0 Å². The molecular weight excluding hydrogens is 276 g/mol. The molecule has 3 aromatic rings. The van der Waals surface area contributed by atoms with Crippen LogP contribution in [0.1, 0.15) is 5.69 Å². The Morgan fingerprint density at radius 1 is 0.955 bits per heavy atom. The molecule has 0 fully saturated rings. The number of benzene rings is 2. The first-order valence-electron chi connectivity index (χ1n) is 6.96. The number of aromatic nitrogens is 2. The minimum absolute atomic E-state index is 0.269. The van der Waals surface area contributed by atoms with Crippen molar-refractivity contribution in [3.8, 4) is 11.3 Å². The molecule has 0 aliphatic heterocycles. The van der Waals surface area contributed by atoms with Gasteiger partial charge in [-0.3, -0.25) is 5.10 Å². The number of carbonyl (C=O) groups excluding carboxylic acids is 1. The van der Waals surface area contributed by atoms with Crippen molar-refractivity contribution in [2.24, 2.45) is 0 Å². The zero-order valence-electron chi connectivity index (χ0n) is 12.1. The number of aryl methyl sites for hydroxylation is 1. The lowest BCUT2D eigenvalue weighted by atomic mass is 10.1. The van der Waals surface area contributed by atoms with E-state index in [1.54, 1.807) is 0 Å². The Morgan fingerprint density at radius 3 is 2.18 bits per heavy atom. The molecule has 0 atom stereocenters. The number of hydrogen-bond donors (Lipinski definition) is 3. The molecule has 2 amide bonds. The molecule has 22 heavy (non-hydrogen) atoms. The van der Waals surface area contributed by atoms with E-state index in [9.17, 15) is 4.79 Å². The van der Waals surface area contributed by atoms with E-state index in [1.165, 1.54) is 0 Å². The molecule has 5 heteroatoms. The van der Waals surface area contributed by atoms with Crippen LogP contribution in [-0.4, -0.2) is 16.2 Å². The van der Waals surface area contributed by atoms with Crippen molar-refractivity contribution in [2.75, 3.05) is 10.6 Å². The molecule has 3 N–H and O–H groups in total.